The summed E-state index contributed by atoms with van der Waals surface area (Å²) in [7, 11) is 0. The Labute approximate surface area is 167 Å². The van der Waals surface area contributed by atoms with Crippen molar-refractivity contribution in [2.24, 2.45) is 5.92 Å². The summed E-state index contributed by atoms with van der Waals surface area (Å²) in [6, 6.07) is 14.0. The molecule has 0 aliphatic carbocycles. The van der Waals surface area contributed by atoms with Crippen LogP contribution in [0.2, 0.25) is 0 Å². The fourth-order valence-electron chi connectivity index (χ4n) is 3.62. The Hall–Kier alpha value is -3.09. The molecule has 2 heterocycles. The summed E-state index contributed by atoms with van der Waals surface area (Å²) in [6.07, 6.45) is 4.70. The van der Waals surface area contributed by atoms with E-state index in [1.54, 1.807) is 12.3 Å². The van der Waals surface area contributed by atoms with E-state index in [4.69, 9.17) is 0 Å². The molecular formula is C22H21F3N4. The van der Waals surface area contributed by atoms with E-state index in [1.165, 1.54) is 5.56 Å². The minimum absolute atomic E-state index is 0.171. The Bertz CT molecular complexity index is 973. The van der Waals surface area contributed by atoms with E-state index in [1.807, 2.05) is 6.07 Å². The van der Waals surface area contributed by atoms with Crippen LogP contribution in [0.25, 0.3) is 0 Å². The molecule has 0 saturated carbocycles. The minimum Gasteiger partial charge on any atom is -0.341 e. The van der Waals surface area contributed by atoms with Gasteiger partial charge in [0.05, 0.1) is 5.69 Å². The molecule has 2 aromatic carbocycles. The predicted octanol–water partition coefficient (Wildman–Crippen LogP) is 5.10. The largest absolute Gasteiger partial charge is 0.341 e. The molecule has 1 saturated heterocycles. The summed E-state index contributed by atoms with van der Waals surface area (Å²) in [6.45, 7) is 1.67. The van der Waals surface area contributed by atoms with Crippen LogP contribution in [-0.4, -0.2) is 23.1 Å². The molecule has 1 fully saturated rings. The maximum Gasteiger partial charge on any atom is 0.227 e. The zero-order valence-corrected chi connectivity index (χ0v) is 15.8. The van der Waals surface area contributed by atoms with E-state index in [2.05, 4.69) is 44.5 Å². The first-order valence-corrected chi connectivity index (χ1v) is 9.62. The first-order valence-electron chi connectivity index (χ1n) is 9.62. The monoisotopic (exact) mass is 398 g/mol. The van der Waals surface area contributed by atoms with Gasteiger partial charge in [0.2, 0.25) is 5.95 Å². The van der Waals surface area contributed by atoms with Crippen molar-refractivity contribution in [3.05, 3.63) is 77.7 Å². The number of anilines is 3. The van der Waals surface area contributed by atoms with Crippen LogP contribution in [-0.2, 0) is 6.42 Å². The molecule has 1 aromatic heterocycles. The van der Waals surface area contributed by atoms with E-state index in [9.17, 15) is 13.2 Å². The molecule has 150 valence electrons. The van der Waals surface area contributed by atoms with Crippen LogP contribution in [0.1, 0.15) is 18.4 Å². The predicted molar refractivity (Wildman–Crippen MR) is 107 cm³/mol. The summed E-state index contributed by atoms with van der Waals surface area (Å²) < 4.78 is 40.4. The van der Waals surface area contributed by atoms with Gasteiger partial charge < -0.3 is 10.2 Å². The van der Waals surface area contributed by atoms with Gasteiger partial charge in [-0.1, -0.05) is 30.3 Å². The molecular weight excluding hydrogens is 377 g/mol. The molecule has 4 nitrogen and oxygen atoms in total. The lowest BCUT2D eigenvalue weighted by Crippen LogP contribution is -2.35. The zero-order valence-electron chi connectivity index (χ0n) is 15.8. The zero-order chi connectivity index (χ0) is 20.2. The summed E-state index contributed by atoms with van der Waals surface area (Å²) in [5, 5.41) is 2.70. The van der Waals surface area contributed by atoms with Gasteiger partial charge in [0.25, 0.3) is 0 Å². The van der Waals surface area contributed by atoms with Crippen molar-refractivity contribution in [3.8, 4) is 0 Å². The number of nitrogens with one attached hydrogen (secondary N) is 1. The number of rotatable bonds is 5. The van der Waals surface area contributed by atoms with Crippen molar-refractivity contribution in [2.45, 2.75) is 19.3 Å². The van der Waals surface area contributed by atoms with Crippen LogP contribution >= 0.6 is 0 Å². The van der Waals surface area contributed by atoms with Crippen LogP contribution < -0.4 is 10.2 Å². The quantitative estimate of drug-likeness (QED) is 0.608. The van der Waals surface area contributed by atoms with Crippen LogP contribution in [0.5, 0.6) is 0 Å². The number of aromatic nitrogens is 2. The van der Waals surface area contributed by atoms with Crippen molar-refractivity contribution in [2.75, 3.05) is 23.3 Å². The molecule has 0 spiro atoms. The molecule has 0 amide bonds. The maximum absolute atomic E-state index is 13.9. The Morgan fingerprint density at radius 1 is 0.931 bits per heavy atom. The Kier molecular flexibility index (Phi) is 5.64. The number of benzene rings is 2. The fourth-order valence-corrected chi connectivity index (χ4v) is 3.62. The maximum atomic E-state index is 13.9. The van der Waals surface area contributed by atoms with Crippen LogP contribution in [0, 0.1) is 23.4 Å². The van der Waals surface area contributed by atoms with Gasteiger partial charge in [0, 0.05) is 19.3 Å². The highest BCUT2D eigenvalue weighted by Gasteiger charge is 2.21. The van der Waals surface area contributed by atoms with Gasteiger partial charge in [-0.05, 0) is 48.9 Å². The van der Waals surface area contributed by atoms with E-state index in [0.717, 1.165) is 44.5 Å². The summed E-state index contributed by atoms with van der Waals surface area (Å²) in [4.78, 5) is 10.8. The number of piperidine rings is 1. The average molecular weight is 398 g/mol. The molecule has 29 heavy (non-hydrogen) atoms. The van der Waals surface area contributed by atoms with Crippen molar-refractivity contribution in [3.63, 3.8) is 0 Å². The molecule has 0 unspecified atom stereocenters. The normalized spacial score (nSPS) is 14.8. The van der Waals surface area contributed by atoms with E-state index >= 15 is 0 Å². The smallest absolute Gasteiger partial charge is 0.227 e. The first kappa shape index (κ1) is 19.2. The SMILES string of the molecule is Fc1ccc(Nc2ccnc(N3CCC(Cc4ccccc4)CC3)n2)c(F)c1F. The minimum atomic E-state index is -1.51. The second-order valence-electron chi connectivity index (χ2n) is 7.21. The van der Waals surface area contributed by atoms with E-state index in [-0.39, 0.29) is 5.69 Å². The molecule has 7 heteroatoms. The summed E-state index contributed by atoms with van der Waals surface area (Å²) >= 11 is 0. The van der Waals surface area contributed by atoms with Gasteiger partial charge in [0.1, 0.15) is 5.82 Å². The topological polar surface area (TPSA) is 41.1 Å². The van der Waals surface area contributed by atoms with E-state index in [0.29, 0.717) is 17.7 Å². The molecule has 0 atom stereocenters. The Morgan fingerprint density at radius 3 is 2.45 bits per heavy atom. The van der Waals surface area contributed by atoms with Gasteiger partial charge in [-0.2, -0.15) is 4.98 Å². The summed E-state index contributed by atoms with van der Waals surface area (Å²) in [5.41, 5.74) is 1.18. The van der Waals surface area contributed by atoms with Gasteiger partial charge in [-0.3, -0.25) is 0 Å². The Balaban J connectivity index is 1.40. The molecule has 0 radical (unpaired) electrons. The van der Waals surface area contributed by atoms with Crippen LogP contribution in [0.3, 0.4) is 0 Å². The summed E-state index contributed by atoms with van der Waals surface area (Å²) in [5.74, 6) is -2.53. The van der Waals surface area contributed by atoms with Crippen LogP contribution in [0.4, 0.5) is 30.6 Å². The van der Waals surface area contributed by atoms with Crippen molar-refractivity contribution in [1.82, 2.24) is 9.97 Å². The van der Waals surface area contributed by atoms with Gasteiger partial charge >= 0.3 is 0 Å². The average Bonchev–Trinajstić information content (AvgIpc) is 2.76. The van der Waals surface area contributed by atoms with Gasteiger partial charge in [-0.15, -0.1) is 0 Å². The standard InChI is InChI=1S/C22H21F3N4/c23-17-6-7-18(21(25)20(17)24)27-19-8-11-26-22(28-19)29-12-9-16(10-13-29)14-15-4-2-1-3-5-15/h1-8,11,16H,9-10,12-14H2,(H,26,27,28). The highest BCUT2D eigenvalue weighted by Crippen LogP contribution is 2.26. The molecule has 4 rings (SSSR count). The lowest BCUT2D eigenvalue weighted by Gasteiger charge is -2.32. The number of halogens is 3. The lowest BCUT2D eigenvalue weighted by molar-refractivity contribution is 0.400. The number of nitrogens with zero attached hydrogens (tertiary/aromatic N) is 3. The fraction of sp³-hybridized carbons (Fsp3) is 0.273. The third-order valence-electron chi connectivity index (χ3n) is 5.21. The van der Waals surface area contributed by atoms with Gasteiger partial charge in [0.15, 0.2) is 17.5 Å². The third kappa shape index (κ3) is 4.50. The first-order chi connectivity index (χ1) is 14.1. The molecule has 1 N–H and O–H groups in total. The number of hydrogen-bond acceptors (Lipinski definition) is 4. The second-order valence-corrected chi connectivity index (χ2v) is 7.21. The van der Waals surface area contributed by atoms with Crippen molar-refractivity contribution in [1.29, 1.82) is 0 Å². The molecule has 3 aromatic rings. The highest BCUT2D eigenvalue weighted by molar-refractivity contribution is 5.58. The lowest BCUT2D eigenvalue weighted by atomic mass is 9.90. The van der Waals surface area contributed by atoms with Gasteiger partial charge in [-0.25, -0.2) is 18.2 Å². The number of hydrogen-bond donors (Lipinski definition) is 1. The highest BCUT2D eigenvalue weighted by atomic mass is 19.2. The molecule has 1 aliphatic heterocycles. The van der Waals surface area contributed by atoms with Crippen molar-refractivity contribution < 1.29 is 13.2 Å². The third-order valence-corrected chi connectivity index (χ3v) is 5.21. The molecule has 0 bridgehead atoms. The van der Waals surface area contributed by atoms with E-state index < -0.39 is 17.5 Å². The second kappa shape index (κ2) is 8.51. The Morgan fingerprint density at radius 2 is 1.69 bits per heavy atom. The van der Waals surface area contributed by atoms with Crippen LogP contribution in [0.15, 0.2) is 54.7 Å². The molecule has 1 aliphatic rings. The van der Waals surface area contributed by atoms with Crippen molar-refractivity contribution >= 4 is 17.5 Å².